The maximum absolute atomic E-state index is 12.9. The fraction of sp³-hybridized carbons (Fsp3) is 0.370. The molecule has 0 spiro atoms. The Balaban J connectivity index is 1.08. The number of anilines is 1. The molecule has 1 saturated heterocycles. The molecule has 0 atom stereocenters. The molecule has 2 aliphatic rings. The van der Waals surface area contributed by atoms with E-state index in [0.717, 1.165) is 29.1 Å². The van der Waals surface area contributed by atoms with E-state index in [1.165, 1.54) is 0 Å². The van der Waals surface area contributed by atoms with Crippen molar-refractivity contribution in [2.45, 2.75) is 32.4 Å². The van der Waals surface area contributed by atoms with Gasteiger partial charge in [-0.2, -0.15) is 0 Å². The Bertz CT molecular complexity index is 1430. The van der Waals surface area contributed by atoms with Crippen LogP contribution in [0.1, 0.15) is 25.0 Å². The average Bonchev–Trinajstić information content (AvgIpc) is 3.47. The van der Waals surface area contributed by atoms with Crippen LogP contribution < -0.4 is 14.4 Å². The number of ether oxygens (including phenoxy) is 2. The molecule has 10 nitrogen and oxygen atoms in total. The topological polar surface area (TPSA) is 98.5 Å². The number of carbonyl (C=O) groups is 1. The minimum absolute atomic E-state index is 0.0220. The number of piperazine rings is 1. The summed E-state index contributed by atoms with van der Waals surface area (Å²) in [6.07, 6.45) is 2.38. The molecule has 0 aliphatic carbocycles. The summed E-state index contributed by atoms with van der Waals surface area (Å²) in [5, 5.41) is 8.70. The summed E-state index contributed by atoms with van der Waals surface area (Å²) in [6.45, 7) is 7.09. The van der Waals surface area contributed by atoms with Crippen molar-refractivity contribution in [3.63, 3.8) is 0 Å². The highest BCUT2D eigenvalue weighted by Gasteiger charge is 2.32. The molecule has 2 aromatic heterocycles. The van der Waals surface area contributed by atoms with Crippen molar-refractivity contribution in [2.24, 2.45) is 0 Å². The van der Waals surface area contributed by atoms with Crippen molar-refractivity contribution in [3.05, 3.63) is 66.0 Å². The Morgan fingerprint density at radius 1 is 1.03 bits per heavy atom. The Morgan fingerprint density at radius 3 is 2.65 bits per heavy atom. The van der Waals surface area contributed by atoms with Crippen molar-refractivity contribution < 1.29 is 14.3 Å². The lowest BCUT2D eigenvalue weighted by Gasteiger charge is -2.35. The van der Waals surface area contributed by atoms with Crippen LogP contribution in [-0.2, 0) is 17.8 Å². The van der Waals surface area contributed by atoms with Gasteiger partial charge >= 0.3 is 0 Å². The summed E-state index contributed by atoms with van der Waals surface area (Å²) < 4.78 is 13.8. The summed E-state index contributed by atoms with van der Waals surface area (Å²) >= 11 is 0. The number of aromatic nitrogens is 5. The van der Waals surface area contributed by atoms with E-state index in [0.29, 0.717) is 49.6 Å². The van der Waals surface area contributed by atoms with E-state index < -0.39 is 0 Å². The average molecular weight is 500 g/mol. The minimum atomic E-state index is -0.262. The van der Waals surface area contributed by atoms with Gasteiger partial charge in [-0.1, -0.05) is 47.7 Å². The molecule has 2 aliphatic heterocycles. The largest absolute Gasteiger partial charge is 0.483 e. The van der Waals surface area contributed by atoms with Crippen LogP contribution in [-0.4, -0.2) is 74.2 Å². The lowest BCUT2D eigenvalue weighted by Crippen LogP contribution is -2.50. The van der Waals surface area contributed by atoms with Crippen LogP contribution in [0.3, 0.4) is 0 Å². The molecule has 4 heterocycles. The minimum Gasteiger partial charge on any atom is -0.483 e. The molecule has 10 heteroatoms. The molecule has 6 rings (SSSR count). The number of benzene rings is 2. The Morgan fingerprint density at radius 2 is 1.84 bits per heavy atom. The highest BCUT2D eigenvalue weighted by atomic mass is 16.5. The standard InChI is InChI=1S/C27H29N7O3/c1-27(2)15-20-9-6-10-21(24(20)37-27)36-17-22(35)32-11-13-33(14-12-32)25-23-26(29-18-28-25)34(31-30-23)16-19-7-4-3-5-8-19/h3-10,18H,11-17H2,1-2H3. The zero-order chi connectivity index (χ0) is 25.4. The fourth-order valence-electron chi connectivity index (χ4n) is 4.97. The molecule has 190 valence electrons. The van der Waals surface area contributed by atoms with Crippen LogP contribution in [0.4, 0.5) is 5.82 Å². The molecular weight excluding hydrogens is 470 g/mol. The first kappa shape index (κ1) is 23.2. The van der Waals surface area contributed by atoms with Crippen LogP contribution in [0.15, 0.2) is 54.9 Å². The zero-order valence-corrected chi connectivity index (χ0v) is 21.0. The number of amides is 1. The molecule has 0 radical (unpaired) electrons. The van der Waals surface area contributed by atoms with Gasteiger partial charge in [0, 0.05) is 38.2 Å². The number of hydrogen-bond donors (Lipinski definition) is 0. The van der Waals surface area contributed by atoms with Crippen molar-refractivity contribution in [2.75, 3.05) is 37.7 Å². The molecule has 1 amide bonds. The van der Waals surface area contributed by atoms with Crippen molar-refractivity contribution in [1.82, 2.24) is 29.9 Å². The molecule has 0 bridgehead atoms. The second-order valence-corrected chi connectivity index (χ2v) is 10.0. The quantitative estimate of drug-likeness (QED) is 0.399. The molecule has 2 aromatic carbocycles. The monoisotopic (exact) mass is 499 g/mol. The first-order valence-corrected chi connectivity index (χ1v) is 12.5. The molecule has 0 saturated carbocycles. The van der Waals surface area contributed by atoms with Gasteiger partial charge in [0.1, 0.15) is 11.9 Å². The van der Waals surface area contributed by atoms with Gasteiger partial charge in [-0.3, -0.25) is 4.79 Å². The number of para-hydroxylation sites is 1. The zero-order valence-electron chi connectivity index (χ0n) is 21.0. The van der Waals surface area contributed by atoms with Crippen LogP contribution in [0.2, 0.25) is 0 Å². The van der Waals surface area contributed by atoms with Gasteiger partial charge in [-0.25, -0.2) is 14.6 Å². The Hall–Kier alpha value is -4.21. The molecule has 37 heavy (non-hydrogen) atoms. The molecule has 4 aromatic rings. The predicted octanol–water partition coefficient (Wildman–Crippen LogP) is 2.71. The third-order valence-electron chi connectivity index (χ3n) is 6.79. The van der Waals surface area contributed by atoms with Gasteiger partial charge in [0.25, 0.3) is 5.91 Å². The van der Waals surface area contributed by atoms with Gasteiger partial charge < -0.3 is 19.3 Å². The SMILES string of the molecule is CC1(C)Cc2cccc(OCC(=O)N3CCN(c4ncnc5c4nnn5Cc4ccccc4)CC3)c2O1. The van der Waals surface area contributed by atoms with Crippen LogP contribution in [0.5, 0.6) is 11.5 Å². The lowest BCUT2D eigenvalue weighted by atomic mass is 10.0. The first-order valence-electron chi connectivity index (χ1n) is 12.5. The lowest BCUT2D eigenvalue weighted by molar-refractivity contribution is -0.133. The van der Waals surface area contributed by atoms with E-state index in [-0.39, 0.29) is 18.1 Å². The van der Waals surface area contributed by atoms with Crippen molar-refractivity contribution in [1.29, 1.82) is 0 Å². The van der Waals surface area contributed by atoms with Gasteiger partial charge in [0.15, 0.2) is 35.1 Å². The van der Waals surface area contributed by atoms with E-state index >= 15 is 0 Å². The summed E-state index contributed by atoms with van der Waals surface area (Å²) in [5.41, 5.74) is 3.34. The predicted molar refractivity (Wildman–Crippen MR) is 138 cm³/mol. The Kier molecular flexibility index (Phi) is 5.86. The van der Waals surface area contributed by atoms with E-state index in [2.05, 4.69) is 51.2 Å². The van der Waals surface area contributed by atoms with E-state index in [4.69, 9.17) is 9.47 Å². The maximum atomic E-state index is 12.9. The van der Waals surface area contributed by atoms with Gasteiger partial charge in [0.05, 0.1) is 6.54 Å². The van der Waals surface area contributed by atoms with Crippen molar-refractivity contribution in [3.8, 4) is 11.5 Å². The first-order chi connectivity index (χ1) is 18.0. The number of nitrogens with zero attached hydrogens (tertiary/aromatic N) is 7. The van der Waals surface area contributed by atoms with E-state index in [9.17, 15) is 4.79 Å². The number of rotatable bonds is 6. The highest BCUT2D eigenvalue weighted by Crippen LogP contribution is 2.41. The molecule has 1 fully saturated rings. The number of fused-ring (bicyclic) bond motifs is 2. The number of hydrogen-bond acceptors (Lipinski definition) is 8. The molecular formula is C27H29N7O3. The maximum Gasteiger partial charge on any atom is 0.260 e. The summed E-state index contributed by atoms with van der Waals surface area (Å²) in [5.74, 6) is 2.07. The number of carbonyl (C=O) groups excluding carboxylic acids is 1. The molecule has 0 N–H and O–H groups in total. The van der Waals surface area contributed by atoms with E-state index in [1.54, 1.807) is 11.0 Å². The third kappa shape index (κ3) is 4.66. The van der Waals surface area contributed by atoms with Gasteiger partial charge in [-0.15, -0.1) is 5.10 Å². The summed E-state index contributed by atoms with van der Waals surface area (Å²) in [4.78, 5) is 25.8. The van der Waals surface area contributed by atoms with Crippen LogP contribution in [0.25, 0.3) is 11.2 Å². The van der Waals surface area contributed by atoms with Gasteiger partial charge in [-0.05, 0) is 25.5 Å². The van der Waals surface area contributed by atoms with Gasteiger partial charge in [0.2, 0.25) is 0 Å². The summed E-state index contributed by atoms with van der Waals surface area (Å²) in [6, 6.07) is 15.9. The third-order valence-corrected chi connectivity index (χ3v) is 6.79. The highest BCUT2D eigenvalue weighted by molar-refractivity contribution is 5.83. The van der Waals surface area contributed by atoms with Crippen molar-refractivity contribution >= 4 is 22.9 Å². The summed E-state index contributed by atoms with van der Waals surface area (Å²) in [7, 11) is 0. The Labute approximate surface area is 214 Å². The van der Waals surface area contributed by atoms with Crippen LogP contribution >= 0.6 is 0 Å². The second-order valence-electron chi connectivity index (χ2n) is 10.0. The second kappa shape index (κ2) is 9.34. The molecule has 0 unspecified atom stereocenters. The van der Waals surface area contributed by atoms with E-state index in [1.807, 2.05) is 41.3 Å². The van der Waals surface area contributed by atoms with Crippen LogP contribution in [0, 0.1) is 0 Å². The smallest absolute Gasteiger partial charge is 0.260 e. The normalized spacial score (nSPS) is 16.5. The fourth-order valence-corrected chi connectivity index (χ4v) is 4.97.